The highest BCUT2D eigenvalue weighted by Crippen LogP contribution is 2.48. The fourth-order valence-corrected chi connectivity index (χ4v) is 10.1. The van der Waals surface area contributed by atoms with E-state index in [0.717, 1.165) is 22.3 Å². The van der Waals surface area contributed by atoms with E-state index in [1.807, 2.05) is 42.5 Å². The summed E-state index contributed by atoms with van der Waals surface area (Å²) in [7, 11) is 0. The van der Waals surface area contributed by atoms with E-state index in [9.17, 15) is 31.9 Å². The maximum Gasteiger partial charge on any atom is 0.303 e. The average molecular weight is 1020 g/mol. The maximum atomic E-state index is 13.7. The summed E-state index contributed by atoms with van der Waals surface area (Å²) < 4.78 is 66.1. The molecule has 0 N–H and O–H groups in total. The third kappa shape index (κ3) is 13.1. The van der Waals surface area contributed by atoms with Gasteiger partial charge in [-0.15, -0.1) is 0 Å². The summed E-state index contributed by atoms with van der Waals surface area (Å²) in [6.07, 6.45) is 1.21. The van der Waals surface area contributed by atoms with Crippen LogP contribution in [0.15, 0.2) is 176 Å². The van der Waals surface area contributed by atoms with Crippen molar-refractivity contribution in [1.29, 1.82) is 0 Å². The first-order chi connectivity index (χ1) is 35.9. The van der Waals surface area contributed by atoms with E-state index >= 15 is 0 Å². The van der Waals surface area contributed by atoms with Crippen molar-refractivity contribution in [2.75, 3.05) is 9.80 Å². The van der Waals surface area contributed by atoms with Gasteiger partial charge in [0.15, 0.2) is 0 Å². The first-order valence-electron chi connectivity index (χ1n) is 25.7. The zero-order valence-corrected chi connectivity index (χ0v) is 43.3. The minimum atomic E-state index is -0.584. The molecule has 9 rings (SSSR count). The molecule has 2 aliphatic rings. The molecule has 7 nitrogen and oxygen atoms in total. The lowest BCUT2D eigenvalue weighted by atomic mass is 9.77. The predicted octanol–water partition coefficient (Wildman–Crippen LogP) is 15.6. The van der Waals surface area contributed by atoms with E-state index in [1.54, 1.807) is 58.3 Å². The van der Waals surface area contributed by atoms with Crippen molar-refractivity contribution in [1.82, 2.24) is 0 Å². The Bertz CT molecular complexity index is 3000. The molecule has 0 bridgehead atoms. The zero-order valence-electron chi connectivity index (χ0n) is 43.3. The van der Waals surface area contributed by atoms with Gasteiger partial charge in [-0.25, -0.2) is 17.6 Å². The Morgan fingerprint density at radius 2 is 0.907 bits per heavy atom. The second kappa shape index (κ2) is 23.9. The SMILES string of the molecule is CC(=O)O[C@@H](CC[C@H]1C(=O)N(c2ccc(F)cc2)[C@@H]1c1ccc(C(C)(C)C)cc1)c1ccc(F)cc1.CC(C)c1ccc([C@@H]2[C@@H](CC[C@H](OCc3ccccc3)c3ccc(F)cc3)C(=O)N2c2ccc(F)cc2)cc1. The number of amides is 2. The molecule has 0 unspecified atom stereocenters. The summed E-state index contributed by atoms with van der Waals surface area (Å²) in [4.78, 5) is 42.1. The smallest absolute Gasteiger partial charge is 0.303 e. The molecule has 0 aromatic heterocycles. The summed E-state index contributed by atoms with van der Waals surface area (Å²) in [6, 6.07) is 50.5. The third-order valence-corrected chi connectivity index (χ3v) is 14.3. The van der Waals surface area contributed by atoms with Gasteiger partial charge >= 0.3 is 5.97 Å². The first kappa shape index (κ1) is 53.9. The Morgan fingerprint density at radius 1 is 0.520 bits per heavy atom. The highest BCUT2D eigenvalue weighted by Gasteiger charge is 2.50. The monoisotopic (exact) mass is 1020 g/mol. The van der Waals surface area contributed by atoms with Gasteiger partial charge in [-0.3, -0.25) is 14.4 Å². The lowest BCUT2D eigenvalue weighted by Gasteiger charge is -2.48. The number of nitrogens with zero attached hydrogens (tertiary/aromatic N) is 2. The molecule has 7 aromatic carbocycles. The zero-order chi connectivity index (χ0) is 53.4. The van der Waals surface area contributed by atoms with Crippen molar-refractivity contribution in [3.05, 3.63) is 238 Å². The van der Waals surface area contributed by atoms with Crippen molar-refractivity contribution in [3.63, 3.8) is 0 Å². The number of rotatable bonds is 17. The number of halogens is 4. The number of benzene rings is 7. The second-order valence-corrected chi connectivity index (χ2v) is 20.8. The molecule has 2 fully saturated rings. The van der Waals surface area contributed by atoms with E-state index in [0.29, 0.717) is 55.1 Å². The van der Waals surface area contributed by atoms with Gasteiger partial charge in [-0.2, -0.15) is 0 Å². The van der Waals surface area contributed by atoms with Gasteiger partial charge in [0.1, 0.15) is 29.4 Å². The molecule has 6 atom stereocenters. The molecule has 0 radical (unpaired) electrons. The summed E-state index contributed by atoms with van der Waals surface area (Å²) >= 11 is 0. The quantitative estimate of drug-likeness (QED) is 0.0516. The van der Waals surface area contributed by atoms with Crippen molar-refractivity contribution in [2.45, 2.75) is 109 Å². The largest absolute Gasteiger partial charge is 0.458 e. The van der Waals surface area contributed by atoms with Crippen LogP contribution in [-0.2, 0) is 35.9 Å². The average Bonchev–Trinajstić information content (AvgIpc) is 3.39. The van der Waals surface area contributed by atoms with Crippen molar-refractivity contribution < 1.29 is 41.4 Å². The number of anilines is 2. The Morgan fingerprint density at radius 3 is 1.32 bits per heavy atom. The van der Waals surface area contributed by atoms with Crippen LogP contribution in [0.1, 0.15) is 136 Å². The number of β-lactam (4-membered cyclic amide) rings is 2. The van der Waals surface area contributed by atoms with Gasteiger partial charge < -0.3 is 19.3 Å². The number of esters is 1. The molecule has 2 amide bonds. The topological polar surface area (TPSA) is 76.1 Å². The van der Waals surface area contributed by atoms with Crippen LogP contribution in [0, 0.1) is 35.1 Å². The standard InChI is InChI=1S/C34H33F2NO2.C30H31F2NO3/c1-23(2)25-8-10-27(11-9-25)33-31(34(38)37(33)30-18-16-29(36)17-19-30)20-21-32(26-12-14-28(35)15-13-26)39-22-24-6-4-3-5-7-24;1-19(34)36-27(20-7-11-23(31)12-8-20)18-17-26-28(21-5-9-22(10-6-21)30(2,3)4)33(29(26)35)25-15-13-24(32)14-16-25/h3-19,23,31-33H,20-22H2,1-2H3;5-16,26-28H,17-18H2,1-4H3/t31-,32+,33-;26-,27+,28-/m11/s1. The van der Waals surface area contributed by atoms with Crippen molar-refractivity contribution in [3.8, 4) is 0 Å². The van der Waals surface area contributed by atoms with Crippen LogP contribution >= 0.6 is 0 Å². The van der Waals surface area contributed by atoms with Gasteiger partial charge in [-0.05, 0) is 149 Å². The predicted molar refractivity (Wildman–Crippen MR) is 286 cm³/mol. The Hall–Kier alpha value is -7.37. The Kier molecular flexibility index (Phi) is 17.2. The van der Waals surface area contributed by atoms with Crippen LogP contribution < -0.4 is 9.80 Å². The van der Waals surface area contributed by atoms with E-state index in [1.165, 1.54) is 66.6 Å². The third-order valence-electron chi connectivity index (χ3n) is 14.3. The molecule has 75 heavy (non-hydrogen) atoms. The number of hydrogen-bond donors (Lipinski definition) is 0. The van der Waals surface area contributed by atoms with Gasteiger partial charge in [-0.1, -0.05) is 138 Å². The van der Waals surface area contributed by atoms with Crippen LogP contribution in [0.5, 0.6) is 0 Å². The van der Waals surface area contributed by atoms with Gasteiger partial charge in [0.2, 0.25) is 11.8 Å². The van der Waals surface area contributed by atoms with E-state index in [2.05, 4.69) is 71.0 Å². The van der Waals surface area contributed by atoms with Crippen molar-refractivity contribution in [2.24, 2.45) is 11.8 Å². The van der Waals surface area contributed by atoms with Crippen molar-refractivity contribution >= 4 is 29.2 Å². The number of carbonyl (C=O) groups is 3. The molecular formula is C64H64F4N2O5. The fourth-order valence-electron chi connectivity index (χ4n) is 10.1. The summed E-state index contributed by atoms with van der Waals surface area (Å²) in [5.74, 6) is -2.03. The Labute approximate surface area is 438 Å². The molecule has 388 valence electrons. The molecule has 0 saturated carbocycles. The molecule has 2 heterocycles. The minimum absolute atomic E-state index is 0.00356. The fraction of sp³-hybridized carbons (Fsp3) is 0.297. The molecule has 11 heteroatoms. The van der Waals surface area contributed by atoms with Crippen LogP contribution in [0.25, 0.3) is 0 Å². The molecule has 0 spiro atoms. The molecular weight excluding hydrogens is 953 g/mol. The first-order valence-corrected chi connectivity index (χ1v) is 25.7. The van der Waals surface area contributed by atoms with E-state index < -0.39 is 12.1 Å². The van der Waals surface area contributed by atoms with Gasteiger partial charge in [0.05, 0.1) is 36.6 Å². The minimum Gasteiger partial charge on any atom is -0.458 e. The van der Waals surface area contributed by atoms with Gasteiger partial charge in [0, 0.05) is 18.3 Å². The molecule has 2 saturated heterocycles. The summed E-state index contributed by atoms with van der Waals surface area (Å²) in [5.41, 5.74) is 8.40. The lowest BCUT2D eigenvalue weighted by molar-refractivity contribution is -0.147. The number of ether oxygens (including phenoxy) is 2. The maximum absolute atomic E-state index is 13.7. The highest BCUT2D eigenvalue weighted by atomic mass is 19.1. The molecule has 2 aliphatic heterocycles. The normalized spacial score (nSPS) is 18.1. The van der Waals surface area contributed by atoms with E-state index in [4.69, 9.17) is 9.47 Å². The van der Waals surface area contributed by atoms with E-state index in [-0.39, 0.29) is 70.5 Å². The lowest BCUT2D eigenvalue weighted by Crippen LogP contribution is -2.55. The summed E-state index contributed by atoms with van der Waals surface area (Å²) in [6.45, 7) is 12.5. The van der Waals surface area contributed by atoms with Crippen LogP contribution in [0.2, 0.25) is 0 Å². The van der Waals surface area contributed by atoms with Crippen LogP contribution in [0.3, 0.4) is 0 Å². The second-order valence-electron chi connectivity index (χ2n) is 20.8. The highest BCUT2D eigenvalue weighted by molar-refractivity contribution is 6.04. The Balaban J connectivity index is 0.000000200. The summed E-state index contributed by atoms with van der Waals surface area (Å²) in [5, 5.41) is 0. The van der Waals surface area contributed by atoms with Crippen LogP contribution in [0.4, 0.5) is 28.9 Å². The number of hydrogen-bond acceptors (Lipinski definition) is 5. The molecule has 7 aromatic rings. The molecule has 0 aliphatic carbocycles. The number of carbonyl (C=O) groups excluding carboxylic acids is 3. The van der Waals surface area contributed by atoms with Gasteiger partial charge in [0.25, 0.3) is 0 Å². The van der Waals surface area contributed by atoms with Crippen LogP contribution in [-0.4, -0.2) is 17.8 Å².